The summed E-state index contributed by atoms with van der Waals surface area (Å²) in [6, 6.07) is 0.272. The molecule has 1 saturated carbocycles. The second-order valence-electron chi connectivity index (χ2n) is 8.21. The van der Waals surface area contributed by atoms with E-state index in [1.807, 2.05) is 0 Å². The third-order valence-corrected chi connectivity index (χ3v) is 5.52. The maximum atomic E-state index is 12.3. The number of aliphatic imine (C=N–C) groups is 1. The Morgan fingerprint density at radius 3 is 2.63 bits per heavy atom. The molecule has 8 heteroatoms. The molecule has 2 rings (SSSR count). The van der Waals surface area contributed by atoms with Gasteiger partial charge in [0.15, 0.2) is 0 Å². The fourth-order valence-corrected chi connectivity index (χ4v) is 4.22. The van der Waals surface area contributed by atoms with Gasteiger partial charge in [-0.3, -0.25) is 14.7 Å². The summed E-state index contributed by atoms with van der Waals surface area (Å²) >= 11 is 1.76. The molecule has 0 spiro atoms. The van der Waals surface area contributed by atoms with Crippen LogP contribution in [0.3, 0.4) is 0 Å². The van der Waals surface area contributed by atoms with Crippen molar-refractivity contribution in [2.24, 2.45) is 4.99 Å². The fourth-order valence-electron chi connectivity index (χ4n) is 3.15. The lowest BCUT2D eigenvalue weighted by Gasteiger charge is -2.35. The fraction of sp³-hybridized carbons (Fsp3) is 0.842. The van der Waals surface area contributed by atoms with Gasteiger partial charge in [-0.25, -0.2) is 4.79 Å². The third-order valence-electron chi connectivity index (χ3n) is 4.41. The van der Waals surface area contributed by atoms with E-state index in [1.165, 1.54) is 12.8 Å². The number of nitrogens with one attached hydrogen (secondary N) is 1. The maximum Gasteiger partial charge on any atom is 0.408 e. The Hall–Kier alpha value is -1.28. The van der Waals surface area contributed by atoms with Gasteiger partial charge in [0, 0.05) is 11.8 Å². The number of carboxylic acid groups (broad SMARTS) is 1. The minimum Gasteiger partial charge on any atom is -0.481 e. The number of rotatable bonds is 10. The number of ether oxygens (including phenoxy) is 1. The van der Waals surface area contributed by atoms with Gasteiger partial charge < -0.3 is 15.2 Å². The second kappa shape index (κ2) is 9.78. The molecule has 154 valence electrons. The van der Waals surface area contributed by atoms with Crippen LogP contribution in [0, 0.1) is 0 Å². The normalized spacial score (nSPS) is 21.1. The molecule has 0 unspecified atom stereocenters. The molecule has 0 saturated heterocycles. The van der Waals surface area contributed by atoms with Crippen molar-refractivity contribution in [3.8, 4) is 0 Å². The summed E-state index contributed by atoms with van der Waals surface area (Å²) in [4.78, 5) is 30.6. The molecule has 2 aliphatic rings. The van der Waals surface area contributed by atoms with Crippen molar-refractivity contribution in [1.29, 1.82) is 0 Å². The minimum atomic E-state index is -0.945. The summed E-state index contributed by atoms with van der Waals surface area (Å²) in [6.07, 6.45) is 5.04. The van der Waals surface area contributed by atoms with Gasteiger partial charge in [0.1, 0.15) is 11.8 Å². The summed E-state index contributed by atoms with van der Waals surface area (Å²) in [6.45, 7) is 7.55. The van der Waals surface area contributed by atoms with E-state index in [-0.39, 0.29) is 18.6 Å². The highest BCUT2D eigenvalue weighted by Crippen LogP contribution is 2.35. The molecule has 0 aromatic heterocycles. The van der Waals surface area contributed by atoms with Crippen LogP contribution in [0.15, 0.2) is 4.99 Å². The van der Waals surface area contributed by atoms with Gasteiger partial charge in [0.25, 0.3) is 0 Å². The van der Waals surface area contributed by atoms with Crippen LogP contribution in [0.2, 0.25) is 0 Å². The lowest BCUT2D eigenvalue weighted by molar-refractivity contribution is -0.139. The van der Waals surface area contributed by atoms with E-state index in [9.17, 15) is 14.7 Å². The Labute approximate surface area is 166 Å². The lowest BCUT2D eigenvalue weighted by atomic mass is 10.2. The lowest BCUT2D eigenvalue weighted by Crippen LogP contribution is -2.55. The van der Waals surface area contributed by atoms with Crippen molar-refractivity contribution < 1.29 is 19.4 Å². The van der Waals surface area contributed by atoms with Crippen molar-refractivity contribution >= 4 is 28.9 Å². The molecule has 7 nitrogen and oxygen atoms in total. The summed E-state index contributed by atoms with van der Waals surface area (Å²) in [7, 11) is 0. The highest BCUT2D eigenvalue weighted by Gasteiger charge is 2.42. The monoisotopic (exact) mass is 399 g/mol. The Balaban J connectivity index is 2.07. The molecule has 0 bridgehead atoms. The van der Waals surface area contributed by atoms with Crippen LogP contribution in [0.5, 0.6) is 0 Å². The first-order valence-corrected chi connectivity index (χ1v) is 10.9. The number of carbonyl (C=O) groups excluding carboxylic acids is 1. The van der Waals surface area contributed by atoms with Crippen molar-refractivity contribution in [3.63, 3.8) is 0 Å². The molecule has 1 fully saturated rings. The molecule has 0 aromatic rings. The molecule has 27 heavy (non-hydrogen) atoms. The summed E-state index contributed by atoms with van der Waals surface area (Å²) in [5.74, 6) is -0.135. The van der Waals surface area contributed by atoms with Crippen molar-refractivity contribution in [3.05, 3.63) is 0 Å². The van der Waals surface area contributed by atoms with E-state index in [4.69, 9.17) is 9.73 Å². The average molecular weight is 400 g/mol. The summed E-state index contributed by atoms with van der Waals surface area (Å²) in [5.41, 5.74) is -0.629. The van der Waals surface area contributed by atoms with Crippen LogP contribution in [-0.4, -0.2) is 56.8 Å². The molecule has 1 heterocycles. The molecule has 1 aliphatic carbocycles. The quantitative estimate of drug-likeness (QED) is 0.428. The SMILES string of the molecule is CCCCCC1=N[C@H](N(C2CC2)[C@@H](CC(=O)O)NC(=O)OC(C)(C)C)CS1. The predicted octanol–water partition coefficient (Wildman–Crippen LogP) is 3.83. The van der Waals surface area contributed by atoms with Crippen LogP contribution in [-0.2, 0) is 9.53 Å². The largest absolute Gasteiger partial charge is 0.481 e. The molecule has 0 radical (unpaired) electrons. The summed E-state index contributed by atoms with van der Waals surface area (Å²) < 4.78 is 5.34. The second-order valence-corrected chi connectivity index (χ2v) is 9.30. The van der Waals surface area contributed by atoms with Crippen LogP contribution >= 0.6 is 11.8 Å². The van der Waals surface area contributed by atoms with Gasteiger partial charge in [-0.05, 0) is 46.5 Å². The third kappa shape index (κ3) is 7.70. The molecule has 0 aromatic carbocycles. The highest BCUT2D eigenvalue weighted by molar-refractivity contribution is 8.14. The number of hydrogen-bond acceptors (Lipinski definition) is 6. The van der Waals surface area contributed by atoms with Crippen LogP contribution in [0.1, 0.15) is 72.6 Å². The molecule has 1 amide bonds. The number of aliphatic carboxylic acids is 1. The zero-order valence-electron chi connectivity index (χ0n) is 16.9. The first kappa shape index (κ1) is 22.0. The van der Waals surface area contributed by atoms with Crippen molar-refractivity contribution in [2.45, 2.75) is 96.6 Å². The number of thioether (sulfide) groups is 1. The van der Waals surface area contributed by atoms with Crippen molar-refractivity contribution in [2.75, 3.05) is 5.75 Å². The number of nitrogens with zero attached hydrogens (tertiary/aromatic N) is 2. The topological polar surface area (TPSA) is 91.2 Å². The van der Waals surface area contributed by atoms with Gasteiger partial charge in [0.2, 0.25) is 0 Å². The predicted molar refractivity (Wildman–Crippen MR) is 108 cm³/mol. The number of carboxylic acids is 1. The van der Waals surface area contributed by atoms with Crippen molar-refractivity contribution in [1.82, 2.24) is 10.2 Å². The number of hydrogen-bond donors (Lipinski definition) is 2. The van der Waals surface area contributed by atoms with Crippen LogP contribution < -0.4 is 5.32 Å². The number of unbranched alkanes of at least 4 members (excludes halogenated alkanes) is 2. The molecule has 2 atom stereocenters. The number of amides is 1. The maximum absolute atomic E-state index is 12.3. The number of carbonyl (C=O) groups is 2. The van der Waals surface area contributed by atoms with E-state index in [0.29, 0.717) is 0 Å². The Bertz CT molecular complexity index is 558. The Morgan fingerprint density at radius 1 is 1.37 bits per heavy atom. The smallest absolute Gasteiger partial charge is 0.408 e. The van der Waals surface area contributed by atoms with E-state index in [1.54, 1.807) is 32.5 Å². The van der Waals surface area contributed by atoms with Gasteiger partial charge >= 0.3 is 12.1 Å². The van der Waals surface area contributed by atoms with Gasteiger partial charge in [-0.15, -0.1) is 11.8 Å². The average Bonchev–Trinajstić information content (AvgIpc) is 3.24. The first-order chi connectivity index (χ1) is 12.7. The zero-order valence-corrected chi connectivity index (χ0v) is 17.7. The molecular weight excluding hydrogens is 366 g/mol. The van der Waals surface area contributed by atoms with E-state index in [0.717, 1.165) is 36.5 Å². The van der Waals surface area contributed by atoms with Gasteiger partial charge in [-0.1, -0.05) is 19.8 Å². The molecule has 1 aliphatic heterocycles. The molecular formula is C19H33N3O4S. The molecule has 2 N–H and O–H groups in total. The van der Waals surface area contributed by atoms with Gasteiger partial charge in [-0.2, -0.15) is 0 Å². The van der Waals surface area contributed by atoms with Gasteiger partial charge in [0.05, 0.1) is 17.6 Å². The number of alkyl carbamates (subject to hydrolysis) is 1. The van der Waals surface area contributed by atoms with E-state index >= 15 is 0 Å². The standard InChI is InChI=1S/C19H33N3O4S/c1-5-6-7-8-16-20-15(12-27-16)22(13-9-10-13)14(11-17(23)24)21-18(25)26-19(2,3)4/h13-15H,5-12H2,1-4H3,(H,21,25)(H,23,24)/t14-,15+/m0/s1. The first-order valence-electron chi connectivity index (χ1n) is 9.88. The summed E-state index contributed by atoms with van der Waals surface area (Å²) in [5, 5.41) is 13.3. The van der Waals surface area contributed by atoms with E-state index < -0.39 is 23.8 Å². The van der Waals surface area contributed by atoms with Crippen LogP contribution in [0.4, 0.5) is 4.79 Å². The van der Waals surface area contributed by atoms with E-state index in [2.05, 4.69) is 17.1 Å². The zero-order chi connectivity index (χ0) is 20.0. The highest BCUT2D eigenvalue weighted by atomic mass is 32.2. The Kier molecular flexibility index (Phi) is 7.97. The van der Waals surface area contributed by atoms with Crippen LogP contribution in [0.25, 0.3) is 0 Å². The Morgan fingerprint density at radius 2 is 2.07 bits per heavy atom. The minimum absolute atomic E-state index is 0.0848.